The van der Waals surface area contributed by atoms with Crippen LogP contribution in [0.2, 0.25) is 10.0 Å². The molecule has 1 saturated heterocycles. The average molecular weight is 499 g/mol. The van der Waals surface area contributed by atoms with Crippen molar-refractivity contribution >= 4 is 77.8 Å². The highest BCUT2D eigenvalue weighted by molar-refractivity contribution is 9.11. The second-order valence-electron chi connectivity index (χ2n) is 5.68. The SMILES string of the molecule is Nc1c(Cl)cc(NC(=O)C2CCCN2S(=O)(=O)c2ccc(Br)s2)cc1Cl. The highest BCUT2D eigenvalue weighted by Crippen LogP contribution is 2.34. The van der Waals surface area contributed by atoms with Crippen LogP contribution in [0.1, 0.15) is 12.8 Å². The van der Waals surface area contributed by atoms with Crippen LogP contribution >= 0.6 is 50.5 Å². The van der Waals surface area contributed by atoms with Crippen molar-refractivity contribution in [3.8, 4) is 0 Å². The Labute approximate surface area is 173 Å². The Kier molecular flexibility index (Phi) is 5.86. The fourth-order valence-electron chi connectivity index (χ4n) is 2.72. The van der Waals surface area contributed by atoms with Gasteiger partial charge in [0.05, 0.1) is 19.5 Å². The third-order valence-electron chi connectivity index (χ3n) is 3.96. The number of sulfonamides is 1. The van der Waals surface area contributed by atoms with Crippen LogP contribution in [-0.4, -0.2) is 31.2 Å². The van der Waals surface area contributed by atoms with E-state index in [1.807, 2.05) is 0 Å². The number of hydrogen-bond acceptors (Lipinski definition) is 5. The van der Waals surface area contributed by atoms with Gasteiger partial charge in [-0.2, -0.15) is 4.31 Å². The van der Waals surface area contributed by atoms with Crippen molar-refractivity contribution in [3.05, 3.63) is 38.1 Å². The van der Waals surface area contributed by atoms with Crippen molar-refractivity contribution in [1.29, 1.82) is 0 Å². The molecule has 1 unspecified atom stereocenters. The van der Waals surface area contributed by atoms with Gasteiger partial charge in [0.1, 0.15) is 10.3 Å². The van der Waals surface area contributed by atoms with Crippen LogP contribution in [-0.2, 0) is 14.8 Å². The molecule has 3 rings (SSSR count). The van der Waals surface area contributed by atoms with Gasteiger partial charge in [-0.1, -0.05) is 23.2 Å². The molecule has 1 aliphatic rings. The van der Waals surface area contributed by atoms with E-state index in [1.165, 1.54) is 22.5 Å². The maximum absolute atomic E-state index is 12.8. The van der Waals surface area contributed by atoms with E-state index in [9.17, 15) is 13.2 Å². The van der Waals surface area contributed by atoms with Crippen LogP contribution in [0.4, 0.5) is 11.4 Å². The monoisotopic (exact) mass is 497 g/mol. The quantitative estimate of drug-likeness (QED) is 0.618. The lowest BCUT2D eigenvalue weighted by atomic mass is 10.2. The minimum absolute atomic E-state index is 0.197. The van der Waals surface area contributed by atoms with Crippen LogP contribution in [0, 0.1) is 0 Å². The summed E-state index contributed by atoms with van der Waals surface area (Å²) in [7, 11) is -3.74. The van der Waals surface area contributed by atoms with E-state index < -0.39 is 22.0 Å². The molecule has 1 atom stereocenters. The molecule has 1 amide bonds. The predicted molar refractivity (Wildman–Crippen MR) is 108 cm³/mol. The lowest BCUT2D eigenvalue weighted by Gasteiger charge is -2.22. The highest BCUT2D eigenvalue weighted by atomic mass is 79.9. The number of nitrogens with two attached hydrogens (primary N) is 1. The fraction of sp³-hybridized carbons (Fsp3) is 0.267. The molecular weight excluding hydrogens is 485 g/mol. The Hall–Kier alpha value is -0.840. The van der Waals surface area contributed by atoms with Gasteiger partial charge in [-0.3, -0.25) is 4.79 Å². The summed E-state index contributed by atoms with van der Waals surface area (Å²) in [5.41, 5.74) is 6.27. The van der Waals surface area contributed by atoms with E-state index in [-0.39, 0.29) is 19.9 Å². The Morgan fingerprint density at radius 1 is 1.31 bits per heavy atom. The number of anilines is 2. The first-order valence-corrected chi connectivity index (χ1v) is 11.3. The third kappa shape index (κ3) is 3.88. The number of hydrogen-bond donors (Lipinski definition) is 2. The highest BCUT2D eigenvalue weighted by Gasteiger charge is 2.40. The Morgan fingerprint density at radius 3 is 2.54 bits per heavy atom. The Morgan fingerprint density at radius 2 is 1.96 bits per heavy atom. The largest absolute Gasteiger partial charge is 0.396 e. The minimum Gasteiger partial charge on any atom is -0.396 e. The molecule has 6 nitrogen and oxygen atoms in total. The van der Waals surface area contributed by atoms with Crippen molar-refractivity contribution in [2.75, 3.05) is 17.6 Å². The van der Waals surface area contributed by atoms with E-state index >= 15 is 0 Å². The molecule has 26 heavy (non-hydrogen) atoms. The molecule has 1 aliphatic heterocycles. The lowest BCUT2D eigenvalue weighted by Crippen LogP contribution is -2.42. The summed E-state index contributed by atoms with van der Waals surface area (Å²) in [4.78, 5) is 12.7. The van der Waals surface area contributed by atoms with E-state index in [0.717, 1.165) is 11.3 Å². The Bertz CT molecular complexity index is 942. The first kappa shape index (κ1) is 19.9. The van der Waals surface area contributed by atoms with Crippen LogP contribution in [0.5, 0.6) is 0 Å². The second kappa shape index (κ2) is 7.65. The zero-order valence-electron chi connectivity index (χ0n) is 13.2. The molecule has 2 aromatic rings. The topological polar surface area (TPSA) is 92.5 Å². The molecule has 0 bridgehead atoms. The zero-order valence-corrected chi connectivity index (χ0v) is 17.9. The number of nitrogens with zero attached hydrogens (tertiary/aromatic N) is 1. The smallest absolute Gasteiger partial charge is 0.253 e. The molecule has 11 heteroatoms. The molecule has 2 heterocycles. The molecule has 0 aliphatic carbocycles. The maximum atomic E-state index is 12.8. The molecule has 0 saturated carbocycles. The van der Waals surface area contributed by atoms with Gasteiger partial charge in [0.25, 0.3) is 10.0 Å². The summed E-state index contributed by atoms with van der Waals surface area (Å²) in [5, 5.41) is 3.11. The molecule has 1 fully saturated rings. The van der Waals surface area contributed by atoms with Crippen molar-refractivity contribution < 1.29 is 13.2 Å². The molecule has 3 N–H and O–H groups in total. The van der Waals surface area contributed by atoms with Gasteiger partial charge >= 0.3 is 0 Å². The van der Waals surface area contributed by atoms with Crippen LogP contribution in [0.3, 0.4) is 0 Å². The number of thiophene rings is 1. The van der Waals surface area contributed by atoms with E-state index in [1.54, 1.807) is 6.07 Å². The number of carbonyl (C=O) groups is 1. The van der Waals surface area contributed by atoms with Crippen LogP contribution < -0.4 is 11.1 Å². The van der Waals surface area contributed by atoms with Gasteiger partial charge in [0.15, 0.2) is 0 Å². The predicted octanol–water partition coefficient (Wildman–Crippen LogP) is 4.19. The lowest BCUT2D eigenvalue weighted by molar-refractivity contribution is -0.119. The number of nitrogen functional groups attached to an aromatic ring is 1. The maximum Gasteiger partial charge on any atom is 0.253 e. The third-order valence-corrected chi connectivity index (χ3v) is 8.59. The van der Waals surface area contributed by atoms with E-state index in [0.29, 0.717) is 28.9 Å². The molecule has 1 aromatic carbocycles. The van der Waals surface area contributed by atoms with Gasteiger partial charge in [0, 0.05) is 12.2 Å². The van der Waals surface area contributed by atoms with Crippen molar-refractivity contribution in [2.45, 2.75) is 23.1 Å². The van der Waals surface area contributed by atoms with Gasteiger partial charge in [-0.05, 0) is 53.0 Å². The number of rotatable bonds is 4. The van der Waals surface area contributed by atoms with Crippen LogP contribution in [0.15, 0.2) is 32.3 Å². The van der Waals surface area contributed by atoms with Crippen molar-refractivity contribution in [2.24, 2.45) is 0 Å². The summed E-state index contributed by atoms with van der Waals surface area (Å²) in [6, 6.07) is 5.35. The molecule has 0 radical (unpaired) electrons. The molecular formula is C15H14BrCl2N3O3S2. The molecule has 0 spiro atoms. The van der Waals surface area contributed by atoms with Gasteiger partial charge in [-0.15, -0.1) is 11.3 Å². The zero-order chi connectivity index (χ0) is 19.1. The minimum atomic E-state index is -3.74. The summed E-state index contributed by atoms with van der Waals surface area (Å²) >= 11 is 16.3. The van der Waals surface area contributed by atoms with Gasteiger partial charge in [-0.25, -0.2) is 8.42 Å². The van der Waals surface area contributed by atoms with Crippen molar-refractivity contribution in [1.82, 2.24) is 4.31 Å². The molecule has 140 valence electrons. The number of benzene rings is 1. The first-order valence-electron chi connectivity index (χ1n) is 7.52. The number of nitrogens with one attached hydrogen (secondary N) is 1. The number of carbonyl (C=O) groups excluding carboxylic acids is 1. The number of amides is 1. The molecule has 1 aromatic heterocycles. The summed E-state index contributed by atoms with van der Waals surface area (Å²) in [6.45, 7) is 0.291. The first-order chi connectivity index (χ1) is 12.2. The fourth-order valence-corrected chi connectivity index (χ4v) is 7.01. The van der Waals surface area contributed by atoms with Crippen molar-refractivity contribution in [3.63, 3.8) is 0 Å². The van der Waals surface area contributed by atoms with E-state index in [4.69, 9.17) is 28.9 Å². The summed E-state index contributed by atoms with van der Waals surface area (Å²) in [5.74, 6) is -0.432. The van der Waals surface area contributed by atoms with Crippen LogP contribution in [0.25, 0.3) is 0 Å². The number of halogens is 3. The van der Waals surface area contributed by atoms with Gasteiger partial charge < -0.3 is 11.1 Å². The Balaban J connectivity index is 1.83. The van der Waals surface area contributed by atoms with E-state index in [2.05, 4.69) is 21.2 Å². The summed E-state index contributed by atoms with van der Waals surface area (Å²) in [6.07, 6.45) is 1.04. The second-order valence-corrected chi connectivity index (χ2v) is 11.1. The normalized spacial score (nSPS) is 18.2. The average Bonchev–Trinajstić information content (AvgIpc) is 3.21. The summed E-state index contributed by atoms with van der Waals surface area (Å²) < 4.78 is 27.8. The standard InChI is InChI=1S/C15H14BrCl2N3O3S2/c16-12-3-4-13(25-12)26(23,24)21-5-1-2-11(21)15(22)20-8-6-9(17)14(19)10(18)7-8/h3-4,6-7,11H,1-2,5,19H2,(H,20,22). The van der Waals surface area contributed by atoms with Gasteiger partial charge in [0.2, 0.25) is 5.91 Å².